The van der Waals surface area contributed by atoms with Crippen molar-refractivity contribution in [1.82, 2.24) is 15.0 Å². The number of benzene rings is 8. The molecule has 218 valence electrons. The highest BCUT2D eigenvalue weighted by Gasteiger charge is 2.19. The zero-order valence-electron chi connectivity index (χ0n) is 25.2. The predicted molar refractivity (Wildman–Crippen MR) is 193 cm³/mol. The Bertz CT molecular complexity index is 2840. The van der Waals surface area contributed by atoms with Crippen LogP contribution in [0.2, 0.25) is 0 Å². The molecule has 0 radical (unpaired) electrons. The molecule has 2 aromatic heterocycles. The van der Waals surface area contributed by atoms with Crippen molar-refractivity contribution in [3.05, 3.63) is 152 Å². The molecule has 0 aliphatic carbocycles. The van der Waals surface area contributed by atoms with E-state index in [-0.39, 0.29) is 0 Å². The molecule has 47 heavy (non-hydrogen) atoms. The Labute approximate surface area is 269 Å². The van der Waals surface area contributed by atoms with Crippen molar-refractivity contribution in [3.63, 3.8) is 0 Å². The standard InChI is InChI=1S/C43H25N3O/c1-4-14-31-26(10-1)20-21-27-12-9-18-36(40(27)31)42-44-41(29-22-23-35-34-17-7-8-19-38(34)47-39(35)25-29)45-43(46-42)37-24-28-11-2-3-13-30(28)32-15-5-6-16-33(32)37/h1-25H. The van der Waals surface area contributed by atoms with Gasteiger partial charge in [0.15, 0.2) is 17.5 Å². The second kappa shape index (κ2) is 10.1. The van der Waals surface area contributed by atoms with Gasteiger partial charge in [-0.05, 0) is 62.0 Å². The minimum Gasteiger partial charge on any atom is -0.456 e. The summed E-state index contributed by atoms with van der Waals surface area (Å²) in [6.45, 7) is 0. The minimum atomic E-state index is 0.599. The number of furan rings is 1. The Hall–Kier alpha value is -6.39. The molecule has 0 amide bonds. The van der Waals surface area contributed by atoms with Crippen molar-refractivity contribution in [2.45, 2.75) is 0 Å². The smallest absolute Gasteiger partial charge is 0.164 e. The van der Waals surface area contributed by atoms with Crippen LogP contribution in [0.5, 0.6) is 0 Å². The number of para-hydroxylation sites is 1. The van der Waals surface area contributed by atoms with Crippen molar-refractivity contribution in [2.24, 2.45) is 0 Å². The first-order valence-corrected chi connectivity index (χ1v) is 15.8. The molecule has 10 rings (SSSR count). The summed E-state index contributed by atoms with van der Waals surface area (Å²) in [5, 5.41) is 11.4. The van der Waals surface area contributed by atoms with Crippen LogP contribution in [0.1, 0.15) is 0 Å². The van der Waals surface area contributed by atoms with Crippen molar-refractivity contribution >= 4 is 65.0 Å². The van der Waals surface area contributed by atoms with E-state index in [1.807, 2.05) is 18.2 Å². The molecule has 0 bridgehead atoms. The van der Waals surface area contributed by atoms with Gasteiger partial charge >= 0.3 is 0 Å². The van der Waals surface area contributed by atoms with Gasteiger partial charge in [-0.3, -0.25) is 0 Å². The van der Waals surface area contributed by atoms with Crippen LogP contribution in [0.25, 0.3) is 99.2 Å². The highest BCUT2D eigenvalue weighted by molar-refractivity contribution is 6.15. The summed E-state index contributed by atoms with van der Waals surface area (Å²) in [5.41, 5.74) is 4.48. The second-order valence-corrected chi connectivity index (χ2v) is 12.0. The molecule has 8 aromatic carbocycles. The van der Waals surface area contributed by atoms with E-state index >= 15 is 0 Å². The number of hydrogen-bond acceptors (Lipinski definition) is 4. The van der Waals surface area contributed by atoms with E-state index in [2.05, 4.69) is 133 Å². The molecule has 0 aliphatic heterocycles. The first kappa shape index (κ1) is 25.9. The summed E-state index contributed by atoms with van der Waals surface area (Å²) in [7, 11) is 0. The Morgan fingerprint density at radius 2 is 0.957 bits per heavy atom. The quantitative estimate of drug-likeness (QED) is 0.190. The average molecular weight is 600 g/mol. The van der Waals surface area contributed by atoms with Gasteiger partial charge in [0.25, 0.3) is 0 Å². The van der Waals surface area contributed by atoms with Gasteiger partial charge in [0.2, 0.25) is 0 Å². The summed E-state index contributed by atoms with van der Waals surface area (Å²) in [4.78, 5) is 15.7. The summed E-state index contributed by atoms with van der Waals surface area (Å²) >= 11 is 0. The molecule has 4 heteroatoms. The van der Waals surface area contributed by atoms with Crippen LogP contribution in [0.3, 0.4) is 0 Å². The highest BCUT2D eigenvalue weighted by atomic mass is 16.3. The summed E-state index contributed by atoms with van der Waals surface area (Å²) in [6, 6.07) is 52.8. The predicted octanol–water partition coefficient (Wildman–Crippen LogP) is 11.4. The fraction of sp³-hybridized carbons (Fsp3) is 0. The molecule has 4 nitrogen and oxygen atoms in total. The maximum Gasteiger partial charge on any atom is 0.164 e. The Morgan fingerprint density at radius 3 is 1.83 bits per heavy atom. The lowest BCUT2D eigenvalue weighted by molar-refractivity contribution is 0.669. The molecule has 0 aliphatic rings. The third-order valence-corrected chi connectivity index (χ3v) is 9.29. The SMILES string of the molecule is c1ccc2c(c1)cc(-c1nc(-c3ccc4c(c3)oc3ccccc34)nc(-c3cccc4ccc5ccccc5c34)n1)c1ccccc12. The average Bonchev–Trinajstić information content (AvgIpc) is 3.52. The molecule has 0 unspecified atom stereocenters. The third-order valence-electron chi connectivity index (χ3n) is 9.29. The molecule has 0 spiro atoms. The van der Waals surface area contributed by atoms with Gasteiger partial charge in [-0.15, -0.1) is 0 Å². The fourth-order valence-corrected chi connectivity index (χ4v) is 7.10. The molecule has 0 atom stereocenters. The Balaban J connectivity index is 1.29. The van der Waals surface area contributed by atoms with E-state index in [1.54, 1.807) is 0 Å². The van der Waals surface area contributed by atoms with Crippen LogP contribution in [0.15, 0.2) is 156 Å². The fourth-order valence-electron chi connectivity index (χ4n) is 7.10. The Morgan fingerprint density at radius 1 is 0.340 bits per heavy atom. The number of hydrogen-bond donors (Lipinski definition) is 0. The monoisotopic (exact) mass is 599 g/mol. The van der Waals surface area contributed by atoms with Crippen LogP contribution in [0, 0.1) is 0 Å². The van der Waals surface area contributed by atoms with Crippen molar-refractivity contribution in [1.29, 1.82) is 0 Å². The molecular weight excluding hydrogens is 574 g/mol. The van der Waals surface area contributed by atoms with Crippen LogP contribution in [-0.2, 0) is 0 Å². The summed E-state index contributed by atoms with van der Waals surface area (Å²) in [6.07, 6.45) is 0. The van der Waals surface area contributed by atoms with E-state index in [9.17, 15) is 0 Å². The van der Waals surface area contributed by atoms with E-state index in [1.165, 1.54) is 21.5 Å². The molecule has 0 N–H and O–H groups in total. The maximum absolute atomic E-state index is 6.28. The Kier molecular flexibility index (Phi) is 5.54. The lowest BCUT2D eigenvalue weighted by Gasteiger charge is -2.14. The van der Waals surface area contributed by atoms with Gasteiger partial charge in [-0.25, -0.2) is 15.0 Å². The molecule has 0 saturated heterocycles. The number of fused-ring (bicyclic) bond motifs is 9. The molecule has 10 aromatic rings. The van der Waals surface area contributed by atoms with E-state index < -0.39 is 0 Å². The zero-order valence-corrected chi connectivity index (χ0v) is 25.2. The van der Waals surface area contributed by atoms with Crippen LogP contribution in [-0.4, -0.2) is 15.0 Å². The molecule has 0 saturated carbocycles. The topological polar surface area (TPSA) is 51.8 Å². The minimum absolute atomic E-state index is 0.599. The van der Waals surface area contributed by atoms with Gasteiger partial charge < -0.3 is 4.42 Å². The number of aromatic nitrogens is 3. The second-order valence-electron chi connectivity index (χ2n) is 12.0. The van der Waals surface area contributed by atoms with Gasteiger partial charge in [0, 0.05) is 32.8 Å². The highest BCUT2D eigenvalue weighted by Crippen LogP contribution is 2.38. The van der Waals surface area contributed by atoms with Gasteiger partial charge in [-0.1, -0.05) is 127 Å². The largest absolute Gasteiger partial charge is 0.456 e. The third kappa shape index (κ3) is 4.05. The molecule has 2 heterocycles. The zero-order chi connectivity index (χ0) is 30.9. The van der Waals surface area contributed by atoms with Crippen molar-refractivity contribution in [3.8, 4) is 34.2 Å². The van der Waals surface area contributed by atoms with E-state index in [4.69, 9.17) is 19.4 Å². The van der Waals surface area contributed by atoms with Crippen molar-refractivity contribution < 1.29 is 4.42 Å². The van der Waals surface area contributed by atoms with Crippen LogP contribution in [0.4, 0.5) is 0 Å². The lowest BCUT2D eigenvalue weighted by atomic mass is 9.96. The van der Waals surface area contributed by atoms with Gasteiger partial charge in [0.1, 0.15) is 11.2 Å². The summed E-state index contributed by atoms with van der Waals surface area (Å²) < 4.78 is 6.28. The lowest BCUT2D eigenvalue weighted by Crippen LogP contribution is -2.01. The van der Waals surface area contributed by atoms with E-state index in [0.717, 1.165) is 60.2 Å². The number of nitrogens with zero attached hydrogens (tertiary/aromatic N) is 3. The van der Waals surface area contributed by atoms with Crippen LogP contribution < -0.4 is 0 Å². The maximum atomic E-state index is 6.28. The molecular formula is C43H25N3O. The first-order chi connectivity index (χ1) is 23.3. The molecule has 0 fully saturated rings. The van der Waals surface area contributed by atoms with Gasteiger partial charge in [0.05, 0.1) is 0 Å². The van der Waals surface area contributed by atoms with E-state index in [0.29, 0.717) is 17.5 Å². The van der Waals surface area contributed by atoms with Crippen LogP contribution >= 0.6 is 0 Å². The van der Waals surface area contributed by atoms with Crippen molar-refractivity contribution in [2.75, 3.05) is 0 Å². The first-order valence-electron chi connectivity index (χ1n) is 15.8. The summed E-state index contributed by atoms with van der Waals surface area (Å²) in [5.74, 6) is 1.87. The number of rotatable bonds is 3. The normalized spacial score (nSPS) is 11.8. The van der Waals surface area contributed by atoms with Gasteiger partial charge in [-0.2, -0.15) is 0 Å².